The maximum Gasteiger partial charge on any atom is 0.251 e. The van der Waals surface area contributed by atoms with Gasteiger partial charge in [-0.2, -0.15) is 5.26 Å². The molecule has 1 amide bonds. The zero-order chi connectivity index (χ0) is 16.5. The van der Waals surface area contributed by atoms with Crippen molar-refractivity contribution in [1.29, 1.82) is 5.26 Å². The number of thiophene rings is 1. The summed E-state index contributed by atoms with van der Waals surface area (Å²) in [4.78, 5) is 13.0. The summed E-state index contributed by atoms with van der Waals surface area (Å²) in [6.07, 6.45) is 1.78. The Kier molecular flexibility index (Phi) is 3.97. The first-order valence-electron chi connectivity index (χ1n) is 7.53. The third-order valence-corrected chi connectivity index (χ3v) is 5.43. The van der Waals surface area contributed by atoms with Crippen LogP contribution in [0.5, 0.6) is 0 Å². The summed E-state index contributed by atoms with van der Waals surface area (Å²) in [5.74, 6) is -0.227. The molecule has 1 aliphatic carbocycles. The molecule has 0 saturated heterocycles. The van der Waals surface area contributed by atoms with Crippen molar-refractivity contribution in [3.63, 3.8) is 0 Å². The summed E-state index contributed by atoms with van der Waals surface area (Å²) in [6.45, 7) is 1.84. The van der Waals surface area contributed by atoms with Gasteiger partial charge in [0.05, 0.1) is 18.0 Å². The number of carbonyl (C=O) groups is 1. The second kappa shape index (κ2) is 5.80. The molecule has 1 atom stereocenters. The highest BCUT2D eigenvalue weighted by molar-refractivity contribution is 7.10. The summed E-state index contributed by atoms with van der Waals surface area (Å²) in [6, 6.07) is 13.2. The molecular weight excluding hydrogens is 308 g/mol. The SMILES string of the molecule is CC(O)(CNC(=O)c1ccc(C2(C#N)CC2)cc1)c1cccs1. The Bertz CT molecular complexity index is 738. The fourth-order valence-corrected chi connectivity index (χ4v) is 3.34. The first-order valence-corrected chi connectivity index (χ1v) is 8.41. The first-order chi connectivity index (χ1) is 11.0. The molecule has 4 nitrogen and oxygen atoms in total. The van der Waals surface area contributed by atoms with Gasteiger partial charge in [-0.15, -0.1) is 11.3 Å². The minimum Gasteiger partial charge on any atom is -0.383 e. The molecule has 1 aliphatic rings. The van der Waals surface area contributed by atoms with Crippen molar-refractivity contribution in [1.82, 2.24) is 5.32 Å². The average molecular weight is 326 g/mol. The third kappa shape index (κ3) is 3.14. The number of nitrogens with zero attached hydrogens (tertiary/aromatic N) is 1. The van der Waals surface area contributed by atoms with Gasteiger partial charge in [0.15, 0.2) is 0 Å². The van der Waals surface area contributed by atoms with Gasteiger partial charge in [0.25, 0.3) is 5.91 Å². The number of carbonyl (C=O) groups excluding carboxylic acids is 1. The molecule has 1 heterocycles. The van der Waals surface area contributed by atoms with Crippen molar-refractivity contribution in [2.75, 3.05) is 6.54 Å². The Hall–Kier alpha value is -2.16. The first kappa shape index (κ1) is 15.7. The predicted octanol–water partition coefficient (Wildman–Crippen LogP) is 2.94. The number of hydrogen-bond acceptors (Lipinski definition) is 4. The molecule has 0 spiro atoms. The van der Waals surface area contributed by atoms with Crippen LogP contribution in [0.25, 0.3) is 0 Å². The maximum atomic E-state index is 12.2. The zero-order valence-corrected chi connectivity index (χ0v) is 13.7. The smallest absolute Gasteiger partial charge is 0.251 e. The van der Waals surface area contributed by atoms with E-state index in [0.29, 0.717) is 5.56 Å². The molecule has 1 saturated carbocycles. The lowest BCUT2D eigenvalue weighted by Gasteiger charge is -2.22. The Balaban J connectivity index is 1.64. The van der Waals surface area contributed by atoms with Crippen LogP contribution in [0.15, 0.2) is 41.8 Å². The Morgan fingerprint density at radius 3 is 2.61 bits per heavy atom. The summed E-state index contributed by atoms with van der Waals surface area (Å²) < 4.78 is 0. The predicted molar refractivity (Wildman–Crippen MR) is 89.2 cm³/mol. The lowest BCUT2D eigenvalue weighted by molar-refractivity contribution is 0.0557. The van der Waals surface area contributed by atoms with Gasteiger partial charge in [0, 0.05) is 10.4 Å². The molecule has 1 aromatic heterocycles. The van der Waals surface area contributed by atoms with Gasteiger partial charge >= 0.3 is 0 Å². The van der Waals surface area contributed by atoms with Gasteiger partial charge < -0.3 is 10.4 Å². The Morgan fingerprint density at radius 2 is 2.09 bits per heavy atom. The number of hydrogen-bond donors (Lipinski definition) is 2. The van der Waals surface area contributed by atoms with E-state index in [0.717, 1.165) is 23.3 Å². The van der Waals surface area contributed by atoms with Gasteiger partial charge in [0.2, 0.25) is 0 Å². The minimum atomic E-state index is -1.08. The number of rotatable bonds is 5. The molecule has 1 fully saturated rings. The minimum absolute atomic E-state index is 0.149. The Labute approximate surface area is 139 Å². The van der Waals surface area contributed by atoms with E-state index in [1.54, 1.807) is 19.1 Å². The third-order valence-electron chi connectivity index (χ3n) is 4.31. The zero-order valence-electron chi connectivity index (χ0n) is 12.9. The van der Waals surface area contributed by atoms with Crippen LogP contribution < -0.4 is 5.32 Å². The molecule has 3 rings (SSSR count). The van der Waals surface area contributed by atoms with Crippen LogP contribution in [0.3, 0.4) is 0 Å². The van der Waals surface area contributed by atoms with Crippen LogP contribution in [-0.4, -0.2) is 17.6 Å². The van der Waals surface area contributed by atoms with Crippen molar-refractivity contribution in [2.45, 2.75) is 30.8 Å². The molecule has 23 heavy (non-hydrogen) atoms. The van der Waals surface area contributed by atoms with Gasteiger partial charge in [-0.3, -0.25) is 4.79 Å². The highest BCUT2D eigenvalue weighted by Crippen LogP contribution is 2.47. The van der Waals surface area contributed by atoms with Crippen LogP contribution in [0, 0.1) is 11.3 Å². The summed E-state index contributed by atoms with van der Waals surface area (Å²) in [5, 5.41) is 24.3. The molecule has 2 N–H and O–H groups in total. The van der Waals surface area contributed by atoms with Crippen LogP contribution in [-0.2, 0) is 11.0 Å². The summed E-state index contributed by atoms with van der Waals surface area (Å²) in [7, 11) is 0. The van der Waals surface area contributed by atoms with Crippen LogP contribution in [0.1, 0.15) is 40.6 Å². The molecule has 0 radical (unpaired) electrons. The van der Waals surface area contributed by atoms with Crippen molar-refractivity contribution >= 4 is 17.2 Å². The van der Waals surface area contributed by atoms with E-state index in [9.17, 15) is 15.2 Å². The number of amides is 1. The summed E-state index contributed by atoms with van der Waals surface area (Å²) in [5.41, 5.74) is 0.0899. The fourth-order valence-electron chi connectivity index (χ4n) is 2.56. The number of aliphatic hydroxyl groups is 1. The van der Waals surface area contributed by atoms with Gasteiger partial charge in [-0.1, -0.05) is 18.2 Å². The molecule has 0 aliphatic heterocycles. The van der Waals surface area contributed by atoms with E-state index in [4.69, 9.17) is 0 Å². The van der Waals surface area contributed by atoms with Crippen molar-refractivity contribution < 1.29 is 9.90 Å². The van der Waals surface area contributed by atoms with Crippen molar-refractivity contribution in [3.8, 4) is 6.07 Å². The highest BCUT2D eigenvalue weighted by Gasteiger charge is 2.44. The quantitative estimate of drug-likeness (QED) is 0.887. The van der Waals surface area contributed by atoms with Crippen molar-refractivity contribution in [3.05, 3.63) is 57.8 Å². The second-order valence-electron chi connectivity index (χ2n) is 6.21. The van der Waals surface area contributed by atoms with Crippen molar-refractivity contribution in [2.24, 2.45) is 0 Å². The fraction of sp³-hybridized carbons (Fsp3) is 0.333. The standard InChI is InChI=1S/C18H18N2O2S/c1-17(22,15-3-2-10-23-15)12-20-16(21)13-4-6-14(7-5-13)18(11-19)8-9-18/h2-7,10,22H,8-9,12H2,1H3,(H,20,21). The van der Waals surface area contributed by atoms with E-state index in [2.05, 4.69) is 11.4 Å². The largest absolute Gasteiger partial charge is 0.383 e. The Morgan fingerprint density at radius 1 is 1.39 bits per heavy atom. The lowest BCUT2D eigenvalue weighted by atomic mass is 9.96. The molecular formula is C18H18N2O2S. The number of benzene rings is 1. The second-order valence-corrected chi connectivity index (χ2v) is 7.15. The van der Waals surface area contributed by atoms with E-state index >= 15 is 0 Å². The monoisotopic (exact) mass is 326 g/mol. The van der Waals surface area contributed by atoms with E-state index in [1.807, 2.05) is 29.6 Å². The molecule has 1 unspecified atom stereocenters. The molecule has 2 aromatic rings. The van der Waals surface area contributed by atoms with Gasteiger partial charge in [-0.05, 0) is 48.9 Å². The highest BCUT2D eigenvalue weighted by atomic mass is 32.1. The van der Waals surface area contributed by atoms with Gasteiger partial charge in [0.1, 0.15) is 5.60 Å². The average Bonchev–Trinajstić information content (AvgIpc) is 3.16. The van der Waals surface area contributed by atoms with Crippen LogP contribution >= 0.6 is 11.3 Å². The topological polar surface area (TPSA) is 73.1 Å². The van der Waals surface area contributed by atoms with Crippen LogP contribution in [0.4, 0.5) is 0 Å². The molecule has 1 aromatic carbocycles. The van der Waals surface area contributed by atoms with Crippen LogP contribution in [0.2, 0.25) is 0 Å². The molecule has 118 valence electrons. The van der Waals surface area contributed by atoms with E-state index in [-0.39, 0.29) is 17.9 Å². The van der Waals surface area contributed by atoms with E-state index in [1.165, 1.54) is 11.3 Å². The lowest BCUT2D eigenvalue weighted by Crippen LogP contribution is -2.38. The molecule has 0 bridgehead atoms. The maximum absolute atomic E-state index is 12.2. The number of nitrogens with one attached hydrogen (secondary N) is 1. The van der Waals surface area contributed by atoms with Gasteiger partial charge in [-0.25, -0.2) is 0 Å². The number of nitriles is 1. The van der Waals surface area contributed by atoms with E-state index < -0.39 is 5.60 Å². The molecule has 5 heteroatoms. The summed E-state index contributed by atoms with van der Waals surface area (Å²) >= 11 is 1.46. The normalized spacial score (nSPS) is 17.8.